The lowest BCUT2D eigenvalue weighted by atomic mass is 9.84. The molecule has 1 aromatic rings. The standard InChI is InChI=1S/C16H24N2O2/c1-12-6-8-14(9-7-12)20-11-16(19)18-15-5-3-2-4-13(15)10-17/h6-9,13,15H,2-5,10-11,17H2,1H3,(H,18,19). The predicted molar refractivity (Wildman–Crippen MR) is 79.6 cm³/mol. The molecular formula is C16H24N2O2. The third-order valence-corrected chi connectivity index (χ3v) is 3.95. The van der Waals surface area contributed by atoms with Crippen molar-refractivity contribution in [2.45, 2.75) is 38.6 Å². The van der Waals surface area contributed by atoms with Crippen LogP contribution in [-0.4, -0.2) is 25.1 Å². The Bertz CT molecular complexity index is 431. The van der Waals surface area contributed by atoms with Gasteiger partial charge in [-0.3, -0.25) is 4.79 Å². The summed E-state index contributed by atoms with van der Waals surface area (Å²) in [4.78, 5) is 11.9. The summed E-state index contributed by atoms with van der Waals surface area (Å²) in [7, 11) is 0. The molecule has 0 aliphatic heterocycles. The predicted octanol–water partition coefficient (Wildman–Crippen LogP) is 2.01. The molecule has 1 saturated carbocycles. The second-order valence-electron chi connectivity index (χ2n) is 5.56. The molecule has 3 N–H and O–H groups in total. The van der Waals surface area contributed by atoms with Crippen molar-refractivity contribution in [3.8, 4) is 5.75 Å². The summed E-state index contributed by atoms with van der Waals surface area (Å²) in [5.41, 5.74) is 6.94. The van der Waals surface area contributed by atoms with Crippen molar-refractivity contribution in [2.24, 2.45) is 11.7 Å². The van der Waals surface area contributed by atoms with E-state index in [2.05, 4.69) is 5.32 Å². The lowest BCUT2D eigenvalue weighted by molar-refractivity contribution is -0.124. The molecule has 4 nitrogen and oxygen atoms in total. The molecule has 0 bridgehead atoms. The molecule has 1 aliphatic rings. The highest BCUT2D eigenvalue weighted by molar-refractivity contribution is 5.77. The van der Waals surface area contributed by atoms with E-state index in [1.54, 1.807) is 0 Å². The Morgan fingerprint density at radius 3 is 2.70 bits per heavy atom. The van der Waals surface area contributed by atoms with Gasteiger partial charge in [-0.15, -0.1) is 0 Å². The maximum absolute atomic E-state index is 11.9. The Hall–Kier alpha value is -1.55. The normalized spacial score (nSPS) is 22.3. The highest BCUT2D eigenvalue weighted by Crippen LogP contribution is 2.23. The molecule has 0 radical (unpaired) electrons. The molecule has 2 atom stereocenters. The number of hydrogen-bond acceptors (Lipinski definition) is 3. The summed E-state index contributed by atoms with van der Waals surface area (Å²) in [6.07, 6.45) is 4.52. The van der Waals surface area contributed by atoms with E-state index in [9.17, 15) is 4.79 Å². The van der Waals surface area contributed by atoms with Gasteiger partial charge in [-0.05, 0) is 44.4 Å². The van der Waals surface area contributed by atoms with Gasteiger partial charge in [-0.25, -0.2) is 0 Å². The lowest BCUT2D eigenvalue weighted by Crippen LogP contribution is -2.46. The summed E-state index contributed by atoms with van der Waals surface area (Å²) in [6, 6.07) is 7.91. The first-order chi connectivity index (χ1) is 9.69. The minimum atomic E-state index is -0.0593. The highest BCUT2D eigenvalue weighted by Gasteiger charge is 2.25. The van der Waals surface area contributed by atoms with Gasteiger partial charge in [0.1, 0.15) is 5.75 Å². The molecule has 4 heteroatoms. The Balaban J connectivity index is 1.78. The quantitative estimate of drug-likeness (QED) is 0.864. The highest BCUT2D eigenvalue weighted by atomic mass is 16.5. The van der Waals surface area contributed by atoms with Crippen LogP contribution in [0.5, 0.6) is 5.75 Å². The number of nitrogens with one attached hydrogen (secondary N) is 1. The number of carbonyl (C=O) groups is 1. The number of carbonyl (C=O) groups excluding carboxylic acids is 1. The number of hydrogen-bond donors (Lipinski definition) is 2. The maximum atomic E-state index is 11.9. The van der Waals surface area contributed by atoms with E-state index in [4.69, 9.17) is 10.5 Å². The van der Waals surface area contributed by atoms with E-state index in [1.807, 2.05) is 31.2 Å². The molecule has 2 unspecified atom stereocenters. The summed E-state index contributed by atoms with van der Waals surface area (Å²) in [5.74, 6) is 1.08. The smallest absolute Gasteiger partial charge is 0.258 e. The third-order valence-electron chi connectivity index (χ3n) is 3.95. The number of benzene rings is 1. The first-order valence-corrected chi connectivity index (χ1v) is 7.38. The van der Waals surface area contributed by atoms with Crippen LogP contribution in [0.25, 0.3) is 0 Å². The van der Waals surface area contributed by atoms with Gasteiger partial charge in [0.2, 0.25) is 0 Å². The molecule has 0 heterocycles. The van der Waals surface area contributed by atoms with E-state index < -0.39 is 0 Å². The van der Waals surface area contributed by atoms with Gasteiger partial charge in [-0.1, -0.05) is 30.5 Å². The first-order valence-electron chi connectivity index (χ1n) is 7.38. The summed E-state index contributed by atoms with van der Waals surface area (Å²) < 4.78 is 5.49. The van der Waals surface area contributed by atoms with Crippen LogP contribution in [0.15, 0.2) is 24.3 Å². The molecular weight excluding hydrogens is 252 g/mol. The fourth-order valence-corrected chi connectivity index (χ4v) is 2.71. The number of amides is 1. The molecule has 20 heavy (non-hydrogen) atoms. The van der Waals surface area contributed by atoms with Crippen LogP contribution in [0.1, 0.15) is 31.2 Å². The van der Waals surface area contributed by atoms with Crippen LogP contribution in [0.2, 0.25) is 0 Å². The molecule has 0 saturated heterocycles. The minimum Gasteiger partial charge on any atom is -0.484 e. The Morgan fingerprint density at radius 1 is 1.30 bits per heavy atom. The summed E-state index contributed by atoms with van der Waals surface area (Å²) >= 11 is 0. The van der Waals surface area contributed by atoms with Gasteiger partial charge >= 0.3 is 0 Å². The van der Waals surface area contributed by atoms with E-state index in [1.165, 1.54) is 18.4 Å². The van der Waals surface area contributed by atoms with Crippen molar-refractivity contribution < 1.29 is 9.53 Å². The van der Waals surface area contributed by atoms with Crippen molar-refractivity contribution in [3.63, 3.8) is 0 Å². The van der Waals surface area contributed by atoms with E-state index in [0.29, 0.717) is 12.5 Å². The lowest BCUT2D eigenvalue weighted by Gasteiger charge is -2.31. The van der Waals surface area contributed by atoms with Gasteiger partial charge < -0.3 is 15.8 Å². The number of rotatable bonds is 5. The second-order valence-corrected chi connectivity index (χ2v) is 5.56. The topological polar surface area (TPSA) is 64.3 Å². The van der Waals surface area contributed by atoms with E-state index >= 15 is 0 Å². The zero-order valence-corrected chi connectivity index (χ0v) is 12.1. The van der Waals surface area contributed by atoms with Crippen molar-refractivity contribution in [1.82, 2.24) is 5.32 Å². The molecule has 1 fully saturated rings. The van der Waals surface area contributed by atoms with Crippen LogP contribution in [-0.2, 0) is 4.79 Å². The van der Waals surface area contributed by atoms with Crippen LogP contribution < -0.4 is 15.8 Å². The van der Waals surface area contributed by atoms with Gasteiger partial charge in [0.25, 0.3) is 5.91 Å². The largest absolute Gasteiger partial charge is 0.484 e. The molecule has 110 valence electrons. The van der Waals surface area contributed by atoms with Crippen molar-refractivity contribution in [1.29, 1.82) is 0 Å². The van der Waals surface area contributed by atoms with Crippen LogP contribution in [0, 0.1) is 12.8 Å². The number of nitrogens with two attached hydrogens (primary N) is 1. The van der Waals surface area contributed by atoms with Gasteiger partial charge in [0.15, 0.2) is 6.61 Å². The second kappa shape index (κ2) is 7.29. The van der Waals surface area contributed by atoms with Crippen LogP contribution in [0.3, 0.4) is 0 Å². The Labute approximate surface area is 120 Å². The summed E-state index contributed by atoms with van der Waals surface area (Å²) in [6.45, 7) is 2.73. The van der Waals surface area contributed by atoms with E-state index in [0.717, 1.165) is 18.6 Å². The van der Waals surface area contributed by atoms with Crippen LogP contribution in [0.4, 0.5) is 0 Å². The van der Waals surface area contributed by atoms with Crippen LogP contribution >= 0.6 is 0 Å². The molecule has 2 rings (SSSR count). The summed E-state index contributed by atoms with van der Waals surface area (Å²) in [5, 5.41) is 3.06. The molecule has 1 aliphatic carbocycles. The monoisotopic (exact) mass is 276 g/mol. The van der Waals surface area contributed by atoms with Crippen molar-refractivity contribution >= 4 is 5.91 Å². The number of ether oxygens (including phenoxy) is 1. The average Bonchev–Trinajstić information content (AvgIpc) is 2.47. The first kappa shape index (κ1) is 14.9. The maximum Gasteiger partial charge on any atom is 0.258 e. The molecule has 0 aromatic heterocycles. The van der Waals surface area contributed by atoms with Gasteiger partial charge in [0, 0.05) is 6.04 Å². The average molecular weight is 276 g/mol. The third kappa shape index (κ3) is 4.23. The molecule has 1 amide bonds. The SMILES string of the molecule is Cc1ccc(OCC(=O)NC2CCCCC2CN)cc1. The number of aryl methyl sites for hydroxylation is 1. The Kier molecular flexibility index (Phi) is 5.41. The van der Waals surface area contributed by atoms with Crippen molar-refractivity contribution in [3.05, 3.63) is 29.8 Å². The zero-order chi connectivity index (χ0) is 14.4. The fourth-order valence-electron chi connectivity index (χ4n) is 2.71. The van der Waals surface area contributed by atoms with Crippen molar-refractivity contribution in [2.75, 3.05) is 13.2 Å². The molecule has 0 spiro atoms. The molecule has 1 aromatic carbocycles. The van der Waals surface area contributed by atoms with E-state index in [-0.39, 0.29) is 18.6 Å². The zero-order valence-electron chi connectivity index (χ0n) is 12.1. The van der Waals surface area contributed by atoms with Gasteiger partial charge in [0.05, 0.1) is 0 Å². The Morgan fingerprint density at radius 2 is 2.00 bits per heavy atom. The minimum absolute atomic E-state index is 0.0593. The van der Waals surface area contributed by atoms with Gasteiger partial charge in [-0.2, -0.15) is 0 Å². The fraction of sp³-hybridized carbons (Fsp3) is 0.562.